The van der Waals surface area contributed by atoms with Gasteiger partial charge in [-0.05, 0) is 18.6 Å². The van der Waals surface area contributed by atoms with E-state index in [1.165, 1.54) is 0 Å². The van der Waals surface area contributed by atoms with Gasteiger partial charge in [-0.15, -0.1) is 0 Å². The Kier molecular flexibility index (Phi) is 6.68. The molecule has 0 aromatic rings. The first-order valence-corrected chi connectivity index (χ1v) is 6.42. The molecule has 0 bridgehead atoms. The predicted molar refractivity (Wildman–Crippen MR) is 75.2 cm³/mol. The first-order valence-electron chi connectivity index (χ1n) is 6.42. The van der Waals surface area contributed by atoms with Gasteiger partial charge in [0.25, 0.3) is 0 Å². The number of hydrogen-bond donors (Lipinski definition) is 2. The molecule has 0 aromatic carbocycles. The number of ketones is 1. The van der Waals surface area contributed by atoms with Crippen molar-refractivity contribution in [3.05, 3.63) is 47.5 Å². The van der Waals surface area contributed by atoms with Crippen LogP contribution in [0.15, 0.2) is 47.5 Å². The summed E-state index contributed by atoms with van der Waals surface area (Å²) >= 11 is 0. The average molecular weight is 263 g/mol. The summed E-state index contributed by atoms with van der Waals surface area (Å²) in [5.41, 5.74) is 1.32. The van der Waals surface area contributed by atoms with Crippen molar-refractivity contribution in [1.29, 1.82) is 0 Å². The first kappa shape index (κ1) is 15.2. The molecule has 0 fully saturated rings. The molecule has 4 heteroatoms. The molecule has 1 rings (SSSR count). The molecule has 1 aliphatic rings. The number of aliphatic hydroxyl groups excluding tert-OH is 1. The molecule has 0 saturated heterocycles. The minimum Gasteiger partial charge on any atom is -0.497 e. The van der Waals surface area contributed by atoms with Gasteiger partial charge < -0.3 is 15.2 Å². The number of Topliss-reactive ketones (excluding diaryl/α,β-unsaturated/α-hetero) is 1. The Bertz CT molecular complexity index is 431. The lowest BCUT2D eigenvalue weighted by molar-refractivity contribution is -0.116. The van der Waals surface area contributed by atoms with E-state index in [0.717, 1.165) is 24.3 Å². The van der Waals surface area contributed by atoms with Crippen molar-refractivity contribution in [2.24, 2.45) is 0 Å². The maximum atomic E-state index is 11.7. The molecule has 0 spiro atoms. The molecule has 0 atom stereocenters. The summed E-state index contributed by atoms with van der Waals surface area (Å²) < 4.78 is 5.18. The van der Waals surface area contributed by atoms with E-state index in [4.69, 9.17) is 4.74 Å². The summed E-state index contributed by atoms with van der Waals surface area (Å²) in [6.07, 6.45) is 11.2. The third kappa shape index (κ3) is 5.14. The quantitative estimate of drug-likeness (QED) is 0.691. The van der Waals surface area contributed by atoms with Gasteiger partial charge in [0.2, 0.25) is 0 Å². The normalized spacial score (nSPS) is 15.4. The van der Waals surface area contributed by atoms with Crippen LogP contribution in [0.25, 0.3) is 0 Å². The molecule has 0 radical (unpaired) electrons. The molecule has 104 valence electrons. The monoisotopic (exact) mass is 263 g/mol. The van der Waals surface area contributed by atoms with Gasteiger partial charge in [-0.3, -0.25) is 4.79 Å². The van der Waals surface area contributed by atoms with Crippen LogP contribution in [0, 0.1) is 0 Å². The van der Waals surface area contributed by atoms with Gasteiger partial charge in [0.1, 0.15) is 5.76 Å². The molecule has 0 heterocycles. The number of allylic oxidation sites excluding steroid dienone is 4. The Morgan fingerprint density at radius 1 is 1.58 bits per heavy atom. The van der Waals surface area contributed by atoms with Crippen LogP contribution in [0.5, 0.6) is 0 Å². The zero-order valence-electron chi connectivity index (χ0n) is 11.5. The lowest BCUT2D eigenvalue weighted by Gasteiger charge is -2.08. The number of aliphatic hydroxyl groups is 1. The second kappa shape index (κ2) is 8.32. The Hall–Kier alpha value is -1.81. The second-order valence-corrected chi connectivity index (χ2v) is 4.22. The van der Waals surface area contributed by atoms with E-state index in [1.54, 1.807) is 13.3 Å². The van der Waals surface area contributed by atoms with Crippen molar-refractivity contribution in [3.63, 3.8) is 0 Å². The van der Waals surface area contributed by atoms with Crippen LogP contribution in [-0.4, -0.2) is 24.6 Å². The minimum atomic E-state index is -0.248. The van der Waals surface area contributed by atoms with Crippen LogP contribution >= 0.6 is 0 Å². The van der Waals surface area contributed by atoms with Crippen molar-refractivity contribution in [3.8, 4) is 0 Å². The predicted octanol–water partition coefficient (Wildman–Crippen LogP) is 2.20. The van der Waals surface area contributed by atoms with Crippen molar-refractivity contribution in [2.75, 3.05) is 13.7 Å². The van der Waals surface area contributed by atoms with Crippen molar-refractivity contribution >= 4 is 5.78 Å². The number of nitrogens with one attached hydrogen (secondary N) is 1. The zero-order valence-corrected chi connectivity index (χ0v) is 11.5. The number of carbonyl (C=O) groups excluding carboxylic acids is 1. The number of hydrogen-bond acceptors (Lipinski definition) is 4. The summed E-state index contributed by atoms with van der Waals surface area (Å²) in [5, 5.41) is 12.3. The topological polar surface area (TPSA) is 58.6 Å². The van der Waals surface area contributed by atoms with Crippen LogP contribution in [0.4, 0.5) is 0 Å². The number of rotatable bonds is 7. The van der Waals surface area contributed by atoms with Crippen LogP contribution in [-0.2, 0) is 9.53 Å². The molecular formula is C15H21NO3. The van der Waals surface area contributed by atoms with Crippen LogP contribution in [0.3, 0.4) is 0 Å². The number of methoxy groups -OCH3 is 1. The molecule has 19 heavy (non-hydrogen) atoms. The van der Waals surface area contributed by atoms with Crippen molar-refractivity contribution in [1.82, 2.24) is 5.32 Å². The smallest absolute Gasteiger partial charge is 0.162 e. The van der Waals surface area contributed by atoms with E-state index in [1.807, 2.05) is 31.2 Å². The molecule has 0 amide bonds. The molecule has 0 saturated carbocycles. The molecule has 0 aromatic heterocycles. The fraction of sp³-hybridized carbons (Fsp3) is 0.400. The van der Waals surface area contributed by atoms with E-state index in [2.05, 4.69) is 5.32 Å². The van der Waals surface area contributed by atoms with E-state index in [9.17, 15) is 9.90 Å². The van der Waals surface area contributed by atoms with E-state index < -0.39 is 0 Å². The first-order chi connectivity index (χ1) is 9.21. The van der Waals surface area contributed by atoms with Gasteiger partial charge in [0.05, 0.1) is 13.7 Å². The fourth-order valence-corrected chi connectivity index (χ4v) is 1.65. The summed E-state index contributed by atoms with van der Waals surface area (Å²) in [6.45, 7) is 1.69. The largest absolute Gasteiger partial charge is 0.497 e. The zero-order chi connectivity index (χ0) is 14.1. The summed E-state index contributed by atoms with van der Waals surface area (Å²) in [5.74, 6) is 0.722. The maximum absolute atomic E-state index is 11.7. The fourth-order valence-electron chi connectivity index (χ4n) is 1.65. The van der Waals surface area contributed by atoms with Gasteiger partial charge in [0.15, 0.2) is 5.78 Å². The summed E-state index contributed by atoms with van der Waals surface area (Å²) in [7, 11) is 1.61. The second-order valence-electron chi connectivity index (χ2n) is 4.22. The highest BCUT2D eigenvalue weighted by atomic mass is 16.5. The van der Waals surface area contributed by atoms with E-state index in [-0.39, 0.29) is 12.4 Å². The lowest BCUT2D eigenvalue weighted by atomic mass is 10.1. The third-order valence-electron chi connectivity index (χ3n) is 2.72. The molecule has 0 aliphatic heterocycles. The van der Waals surface area contributed by atoms with E-state index in [0.29, 0.717) is 12.0 Å². The highest BCUT2D eigenvalue weighted by molar-refractivity contribution is 5.95. The number of ether oxygens (including phenoxy) is 1. The van der Waals surface area contributed by atoms with Gasteiger partial charge in [-0.25, -0.2) is 0 Å². The average Bonchev–Trinajstić information content (AvgIpc) is 2.65. The van der Waals surface area contributed by atoms with Crippen molar-refractivity contribution < 1.29 is 14.6 Å². The van der Waals surface area contributed by atoms with Gasteiger partial charge in [-0.1, -0.05) is 19.1 Å². The van der Waals surface area contributed by atoms with Gasteiger partial charge >= 0.3 is 0 Å². The highest BCUT2D eigenvalue weighted by Crippen LogP contribution is 2.11. The van der Waals surface area contributed by atoms with Gasteiger partial charge in [-0.2, -0.15) is 0 Å². The SMILES string of the molecule is CCCC(=O)/C(=C\NC1=CC(OC)=CC=CC1)CO. The third-order valence-corrected chi connectivity index (χ3v) is 2.72. The van der Waals surface area contributed by atoms with Crippen LogP contribution < -0.4 is 5.32 Å². The van der Waals surface area contributed by atoms with Crippen molar-refractivity contribution in [2.45, 2.75) is 26.2 Å². The maximum Gasteiger partial charge on any atom is 0.162 e. The molecule has 1 aliphatic carbocycles. The Morgan fingerprint density at radius 2 is 2.37 bits per heavy atom. The summed E-state index contributed by atoms with van der Waals surface area (Å²) in [6, 6.07) is 0. The van der Waals surface area contributed by atoms with Crippen LogP contribution in [0.2, 0.25) is 0 Å². The summed E-state index contributed by atoms with van der Waals surface area (Å²) in [4.78, 5) is 11.7. The molecule has 2 N–H and O–H groups in total. The molecule has 0 unspecified atom stereocenters. The Labute approximate surface area is 114 Å². The minimum absolute atomic E-state index is 0.0234. The lowest BCUT2D eigenvalue weighted by Crippen LogP contribution is -2.13. The van der Waals surface area contributed by atoms with E-state index >= 15 is 0 Å². The Balaban J connectivity index is 2.73. The van der Waals surface area contributed by atoms with Crippen LogP contribution in [0.1, 0.15) is 26.2 Å². The standard InChI is InChI=1S/C15H21NO3/c1-3-6-15(18)12(11-17)10-16-13-7-4-5-8-14(9-13)19-2/h4-5,8-10,16-17H,3,6-7,11H2,1-2H3/b12-10-. The molecular weight excluding hydrogens is 242 g/mol. The number of carbonyl (C=O) groups is 1. The molecule has 4 nitrogen and oxygen atoms in total. The Morgan fingerprint density at radius 3 is 3.00 bits per heavy atom. The highest BCUT2D eigenvalue weighted by Gasteiger charge is 2.07. The van der Waals surface area contributed by atoms with Gasteiger partial charge in [0, 0.05) is 30.3 Å².